The molecule has 1 aromatic carbocycles. The Labute approximate surface area is 138 Å². The fraction of sp³-hybridized carbons (Fsp3) is 0.529. The predicted molar refractivity (Wildman–Crippen MR) is 91.6 cm³/mol. The number of hydrogen-bond donors (Lipinski definition) is 1. The molecule has 0 amide bonds. The zero-order valence-corrected chi connectivity index (χ0v) is 14.6. The van der Waals surface area contributed by atoms with Crippen molar-refractivity contribution in [1.82, 2.24) is 10.2 Å². The maximum absolute atomic E-state index is 11.5. The van der Waals surface area contributed by atoms with Crippen LogP contribution < -0.4 is 10.1 Å². The van der Waals surface area contributed by atoms with Crippen LogP contribution in [0.25, 0.3) is 0 Å². The number of nitrogens with one attached hydrogen (secondary N) is 1. The van der Waals surface area contributed by atoms with E-state index < -0.39 is 0 Å². The first-order valence-electron chi connectivity index (χ1n) is 7.72. The maximum Gasteiger partial charge on any atom is 0.310 e. The highest BCUT2D eigenvalue weighted by atomic mass is 16.5. The van der Waals surface area contributed by atoms with Crippen molar-refractivity contribution < 1.29 is 14.3 Å². The van der Waals surface area contributed by atoms with E-state index in [0.717, 1.165) is 23.8 Å². The Kier molecular flexibility index (Phi) is 7.94. The number of rotatable bonds is 7. The summed E-state index contributed by atoms with van der Waals surface area (Å²) in [6.07, 6.45) is 0. The van der Waals surface area contributed by atoms with Crippen LogP contribution in [0.15, 0.2) is 29.3 Å². The first-order chi connectivity index (χ1) is 11.0. The van der Waals surface area contributed by atoms with Crippen LogP contribution in [0.5, 0.6) is 5.75 Å². The standard InChI is InChI=1S/C17H27N3O3/c1-6-18-17(19-11-13(2)16(21)23-5)20(3)12-14-9-7-8-10-15(14)22-4/h7-10,13H,6,11-12H2,1-5H3,(H,18,19). The SMILES string of the molecule is CCNC(=NCC(C)C(=O)OC)N(C)Cc1ccccc1OC. The number of para-hydroxylation sites is 1. The molecule has 0 bridgehead atoms. The number of carbonyl (C=O) groups excluding carboxylic acids is 1. The van der Waals surface area contributed by atoms with Gasteiger partial charge in [-0.25, -0.2) is 0 Å². The molecular weight excluding hydrogens is 294 g/mol. The van der Waals surface area contributed by atoms with E-state index in [9.17, 15) is 4.79 Å². The van der Waals surface area contributed by atoms with E-state index in [-0.39, 0.29) is 11.9 Å². The zero-order valence-electron chi connectivity index (χ0n) is 14.6. The molecule has 0 aliphatic carbocycles. The molecule has 0 heterocycles. The van der Waals surface area contributed by atoms with Crippen molar-refractivity contribution >= 4 is 11.9 Å². The average molecular weight is 321 g/mol. The summed E-state index contributed by atoms with van der Waals surface area (Å²) in [4.78, 5) is 18.0. The summed E-state index contributed by atoms with van der Waals surface area (Å²) in [5, 5.41) is 3.24. The van der Waals surface area contributed by atoms with Gasteiger partial charge in [-0.05, 0) is 13.0 Å². The first-order valence-corrected chi connectivity index (χ1v) is 7.72. The van der Waals surface area contributed by atoms with E-state index in [1.165, 1.54) is 7.11 Å². The number of guanidine groups is 1. The zero-order chi connectivity index (χ0) is 17.2. The number of hydrogen-bond acceptors (Lipinski definition) is 4. The molecule has 0 saturated carbocycles. The highest BCUT2D eigenvalue weighted by Gasteiger charge is 2.14. The van der Waals surface area contributed by atoms with Gasteiger partial charge >= 0.3 is 5.97 Å². The van der Waals surface area contributed by atoms with Crippen molar-refractivity contribution in [2.75, 3.05) is 34.4 Å². The summed E-state index contributed by atoms with van der Waals surface area (Å²) in [5.41, 5.74) is 1.07. The minimum Gasteiger partial charge on any atom is -0.496 e. The number of benzene rings is 1. The van der Waals surface area contributed by atoms with Gasteiger partial charge in [0.05, 0.1) is 26.7 Å². The molecule has 1 aromatic rings. The molecule has 1 rings (SSSR count). The molecular formula is C17H27N3O3. The van der Waals surface area contributed by atoms with Crippen molar-refractivity contribution in [2.45, 2.75) is 20.4 Å². The minimum atomic E-state index is -0.270. The molecule has 0 aliphatic heterocycles. The molecule has 6 heteroatoms. The van der Waals surface area contributed by atoms with E-state index in [1.807, 2.05) is 43.1 Å². The lowest BCUT2D eigenvalue weighted by atomic mass is 10.2. The van der Waals surface area contributed by atoms with Crippen LogP contribution >= 0.6 is 0 Å². The Morgan fingerprint density at radius 1 is 1.35 bits per heavy atom. The lowest BCUT2D eigenvalue weighted by Gasteiger charge is -2.23. The average Bonchev–Trinajstić information content (AvgIpc) is 2.57. The third-order valence-electron chi connectivity index (χ3n) is 3.41. The monoisotopic (exact) mass is 321 g/mol. The number of ether oxygens (including phenoxy) is 2. The predicted octanol–water partition coefficient (Wildman–Crippen LogP) is 1.90. The summed E-state index contributed by atoms with van der Waals surface area (Å²) >= 11 is 0. The molecule has 0 aromatic heterocycles. The van der Waals surface area contributed by atoms with Crippen LogP contribution in [0.4, 0.5) is 0 Å². The molecule has 0 spiro atoms. The Morgan fingerprint density at radius 3 is 2.65 bits per heavy atom. The second-order valence-electron chi connectivity index (χ2n) is 5.29. The molecule has 0 radical (unpaired) electrons. The summed E-state index contributed by atoms with van der Waals surface area (Å²) in [6.45, 7) is 5.60. The van der Waals surface area contributed by atoms with Crippen molar-refractivity contribution in [3.8, 4) is 5.75 Å². The van der Waals surface area contributed by atoms with Gasteiger partial charge in [0.1, 0.15) is 5.75 Å². The van der Waals surface area contributed by atoms with Crippen LogP contribution in [-0.2, 0) is 16.1 Å². The fourth-order valence-electron chi connectivity index (χ4n) is 2.13. The lowest BCUT2D eigenvalue weighted by molar-refractivity contribution is -0.144. The van der Waals surface area contributed by atoms with Crippen LogP contribution in [0.1, 0.15) is 19.4 Å². The van der Waals surface area contributed by atoms with Gasteiger partial charge in [-0.1, -0.05) is 25.1 Å². The summed E-state index contributed by atoms with van der Waals surface area (Å²) < 4.78 is 10.1. The number of aliphatic imine (C=N–C) groups is 1. The Bertz CT molecular complexity index is 532. The normalized spacial score (nSPS) is 12.5. The molecule has 6 nitrogen and oxygen atoms in total. The lowest BCUT2D eigenvalue weighted by Crippen LogP contribution is -2.39. The molecule has 128 valence electrons. The first kappa shape index (κ1) is 18.8. The highest BCUT2D eigenvalue weighted by Crippen LogP contribution is 2.18. The van der Waals surface area contributed by atoms with Crippen molar-refractivity contribution in [1.29, 1.82) is 0 Å². The Balaban J connectivity index is 2.81. The summed E-state index contributed by atoms with van der Waals surface area (Å²) in [6, 6.07) is 7.89. The Morgan fingerprint density at radius 2 is 2.04 bits per heavy atom. The molecule has 23 heavy (non-hydrogen) atoms. The van der Waals surface area contributed by atoms with Gasteiger partial charge in [0, 0.05) is 25.7 Å². The van der Waals surface area contributed by atoms with E-state index in [1.54, 1.807) is 14.0 Å². The third kappa shape index (κ3) is 5.81. The number of carbonyl (C=O) groups is 1. The van der Waals surface area contributed by atoms with Gasteiger partial charge in [0.25, 0.3) is 0 Å². The van der Waals surface area contributed by atoms with Crippen LogP contribution in [-0.4, -0.2) is 51.2 Å². The van der Waals surface area contributed by atoms with Crippen LogP contribution in [0.2, 0.25) is 0 Å². The Hall–Kier alpha value is -2.24. The molecule has 1 atom stereocenters. The van der Waals surface area contributed by atoms with E-state index in [0.29, 0.717) is 13.1 Å². The number of nitrogens with zero attached hydrogens (tertiary/aromatic N) is 2. The summed E-state index contributed by atoms with van der Waals surface area (Å²) in [5.74, 6) is 1.07. The van der Waals surface area contributed by atoms with Crippen molar-refractivity contribution in [3.05, 3.63) is 29.8 Å². The van der Waals surface area contributed by atoms with E-state index in [2.05, 4.69) is 10.3 Å². The van der Waals surface area contributed by atoms with Crippen molar-refractivity contribution in [2.24, 2.45) is 10.9 Å². The smallest absolute Gasteiger partial charge is 0.310 e. The molecule has 1 unspecified atom stereocenters. The molecule has 0 fully saturated rings. The maximum atomic E-state index is 11.5. The second-order valence-corrected chi connectivity index (χ2v) is 5.29. The van der Waals surface area contributed by atoms with Gasteiger partial charge in [0.2, 0.25) is 0 Å². The van der Waals surface area contributed by atoms with Gasteiger partial charge < -0.3 is 19.7 Å². The minimum absolute atomic E-state index is 0.253. The van der Waals surface area contributed by atoms with Crippen molar-refractivity contribution in [3.63, 3.8) is 0 Å². The van der Waals surface area contributed by atoms with Gasteiger partial charge in [-0.15, -0.1) is 0 Å². The third-order valence-corrected chi connectivity index (χ3v) is 3.41. The fourth-order valence-corrected chi connectivity index (χ4v) is 2.13. The number of esters is 1. The molecule has 1 N–H and O–H groups in total. The summed E-state index contributed by atoms with van der Waals surface area (Å²) in [7, 11) is 5.01. The second kappa shape index (κ2) is 9.71. The highest BCUT2D eigenvalue weighted by molar-refractivity contribution is 5.80. The molecule has 0 saturated heterocycles. The van der Waals surface area contributed by atoms with Gasteiger partial charge in [-0.2, -0.15) is 0 Å². The van der Waals surface area contributed by atoms with Crippen LogP contribution in [0.3, 0.4) is 0 Å². The largest absolute Gasteiger partial charge is 0.496 e. The number of methoxy groups -OCH3 is 2. The van der Waals surface area contributed by atoms with Gasteiger partial charge in [0.15, 0.2) is 5.96 Å². The topological polar surface area (TPSA) is 63.2 Å². The quantitative estimate of drug-likeness (QED) is 0.472. The molecule has 0 aliphatic rings. The van der Waals surface area contributed by atoms with E-state index in [4.69, 9.17) is 9.47 Å². The van der Waals surface area contributed by atoms with Gasteiger partial charge in [-0.3, -0.25) is 9.79 Å². The van der Waals surface area contributed by atoms with E-state index >= 15 is 0 Å². The van der Waals surface area contributed by atoms with Crippen LogP contribution in [0, 0.1) is 5.92 Å².